The Morgan fingerprint density at radius 2 is 1.73 bits per heavy atom. The van der Waals surface area contributed by atoms with E-state index >= 15 is 0 Å². The molecular formula is C19H20N2O6S3. The molecule has 0 atom stereocenters. The van der Waals surface area contributed by atoms with Crippen LogP contribution in [0.3, 0.4) is 0 Å². The largest absolute Gasteiger partial charge is 0.459 e. The number of rotatable bonds is 8. The highest BCUT2D eigenvalue weighted by molar-refractivity contribution is 7.91. The first-order valence-corrected chi connectivity index (χ1v) is 12.7. The van der Waals surface area contributed by atoms with Crippen LogP contribution >= 0.6 is 11.3 Å². The van der Waals surface area contributed by atoms with Gasteiger partial charge < -0.3 is 9.73 Å². The van der Waals surface area contributed by atoms with Crippen molar-refractivity contribution in [3.8, 4) is 0 Å². The van der Waals surface area contributed by atoms with Crippen LogP contribution in [0.1, 0.15) is 21.0 Å². The van der Waals surface area contributed by atoms with Crippen molar-refractivity contribution in [2.24, 2.45) is 0 Å². The lowest BCUT2D eigenvalue weighted by atomic mass is 10.2. The predicted octanol–water partition coefficient (Wildman–Crippen LogP) is 2.50. The first-order chi connectivity index (χ1) is 14.1. The third kappa shape index (κ3) is 4.81. The number of carbonyl (C=O) groups excluding carboxylic acids is 1. The molecule has 0 radical (unpaired) electrons. The molecule has 11 heteroatoms. The average Bonchev–Trinajstić information content (AvgIpc) is 3.36. The predicted molar refractivity (Wildman–Crippen MR) is 112 cm³/mol. The highest BCUT2D eigenvalue weighted by Gasteiger charge is 2.23. The Hall–Kier alpha value is -2.47. The summed E-state index contributed by atoms with van der Waals surface area (Å²) < 4.78 is 55.9. The van der Waals surface area contributed by atoms with Crippen molar-refractivity contribution in [2.45, 2.75) is 21.4 Å². The molecule has 160 valence electrons. The summed E-state index contributed by atoms with van der Waals surface area (Å²) in [5, 5.41) is 2.64. The van der Waals surface area contributed by atoms with Gasteiger partial charge in [-0.25, -0.2) is 21.1 Å². The minimum Gasteiger partial charge on any atom is -0.459 e. The third-order valence-electron chi connectivity index (χ3n) is 4.20. The number of hydrogen-bond donors (Lipinski definition) is 1. The summed E-state index contributed by atoms with van der Waals surface area (Å²) in [7, 11) is -4.29. The molecule has 0 bridgehead atoms. The van der Waals surface area contributed by atoms with Crippen LogP contribution in [0.4, 0.5) is 0 Å². The molecule has 1 amide bonds. The van der Waals surface area contributed by atoms with Gasteiger partial charge in [0.1, 0.15) is 4.21 Å². The normalized spacial score (nSPS) is 12.2. The summed E-state index contributed by atoms with van der Waals surface area (Å²) in [5.74, 6) is -1.04. The van der Waals surface area contributed by atoms with E-state index < -0.39 is 25.8 Å². The lowest BCUT2D eigenvalue weighted by Gasteiger charge is -2.08. The monoisotopic (exact) mass is 468 g/mol. The van der Waals surface area contributed by atoms with Crippen LogP contribution in [0.25, 0.3) is 0 Å². The number of nitrogens with one attached hydrogen (secondary N) is 1. The standard InChI is InChI=1S/C19H20N2O6S3/c1-21(2)30(25,26)17-9-8-15(28-17)12-20-19(22)18-14(10-11-27-18)13-29(23,24)16-6-4-3-5-7-16/h3-11H,12-13H2,1-2H3,(H,20,22). The highest BCUT2D eigenvalue weighted by Crippen LogP contribution is 2.24. The highest BCUT2D eigenvalue weighted by atomic mass is 32.2. The molecule has 3 aromatic rings. The zero-order valence-electron chi connectivity index (χ0n) is 16.2. The number of sulfone groups is 1. The number of amides is 1. The van der Waals surface area contributed by atoms with Gasteiger partial charge in [0, 0.05) is 24.5 Å². The summed E-state index contributed by atoms with van der Waals surface area (Å²) in [6.07, 6.45) is 1.26. The fraction of sp³-hybridized carbons (Fsp3) is 0.211. The van der Waals surface area contributed by atoms with Crippen molar-refractivity contribution >= 4 is 37.1 Å². The minimum atomic E-state index is -3.64. The van der Waals surface area contributed by atoms with Crippen LogP contribution in [-0.2, 0) is 32.2 Å². The summed E-state index contributed by atoms with van der Waals surface area (Å²) in [6, 6.07) is 12.5. The van der Waals surface area contributed by atoms with E-state index in [2.05, 4.69) is 5.32 Å². The van der Waals surface area contributed by atoms with Gasteiger partial charge in [0.2, 0.25) is 0 Å². The summed E-state index contributed by atoms with van der Waals surface area (Å²) >= 11 is 1.05. The van der Waals surface area contributed by atoms with E-state index in [4.69, 9.17) is 4.42 Å². The van der Waals surface area contributed by atoms with Gasteiger partial charge >= 0.3 is 0 Å². The van der Waals surface area contributed by atoms with Crippen LogP contribution in [0, 0.1) is 0 Å². The van der Waals surface area contributed by atoms with E-state index in [0.29, 0.717) is 4.88 Å². The molecule has 1 aromatic carbocycles. The third-order valence-corrected chi connectivity index (χ3v) is 9.25. The van der Waals surface area contributed by atoms with E-state index in [-0.39, 0.29) is 32.7 Å². The van der Waals surface area contributed by atoms with Gasteiger partial charge in [0.15, 0.2) is 15.6 Å². The smallest absolute Gasteiger partial charge is 0.287 e. The maximum absolute atomic E-state index is 12.6. The van der Waals surface area contributed by atoms with Crippen LogP contribution in [-0.4, -0.2) is 41.1 Å². The molecule has 0 aliphatic rings. The molecule has 30 heavy (non-hydrogen) atoms. The number of nitrogens with zero attached hydrogens (tertiary/aromatic N) is 1. The molecule has 0 aliphatic heterocycles. The van der Waals surface area contributed by atoms with Crippen LogP contribution in [0.15, 0.2) is 68.3 Å². The average molecular weight is 469 g/mol. The topological polar surface area (TPSA) is 114 Å². The maximum atomic E-state index is 12.6. The van der Waals surface area contributed by atoms with Crippen LogP contribution in [0.2, 0.25) is 0 Å². The van der Waals surface area contributed by atoms with E-state index in [1.807, 2.05) is 0 Å². The quantitative estimate of drug-likeness (QED) is 0.543. The number of thiophene rings is 1. The Morgan fingerprint density at radius 3 is 2.40 bits per heavy atom. The van der Waals surface area contributed by atoms with Crippen molar-refractivity contribution in [3.05, 3.63) is 71.0 Å². The van der Waals surface area contributed by atoms with Gasteiger partial charge in [-0.2, -0.15) is 0 Å². The zero-order chi connectivity index (χ0) is 21.9. The van der Waals surface area contributed by atoms with Gasteiger partial charge in [-0.15, -0.1) is 11.3 Å². The molecule has 0 aliphatic carbocycles. The molecular weight excluding hydrogens is 448 g/mol. The van der Waals surface area contributed by atoms with E-state index in [1.165, 1.54) is 44.6 Å². The Labute approximate surface area is 179 Å². The number of benzene rings is 1. The Kier molecular flexibility index (Phi) is 6.46. The van der Waals surface area contributed by atoms with Crippen LogP contribution in [0.5, 0.6) is 0 Å². The number of sulfonamides is 1. The zero-order valence-corrected chi connectivity index (χ0v) is 18.7. The molecule has 0 fully saturated rings. The fourth-order valence-electron chi connectivity index (χ4n) is 2.58. The summed E-state index contributed by atoms with van der Waals surface area (Å²) in [5.41, 5.74) is 0.249. The molecule has 1 N–H and O–H groups in total. The SMILES string of the molecule is CN(C)S(=O)(=O)c1ccc(CNC(=O)c2occc2CS(=O)(=O)c2ccccc2)s1. The van der Waals surface area contributed by atoms with E-state index in [1.54, 1.807) is 24.3 Å². The molecule has 2 heterocycles. The Morgan fingerprint density at radius 1 is 1.03 bits per heavy atom. The molecule has 0 spiro atoms. The van der Waals surface area contributed by atoms with Crippen molar-refractivity contribution in [3.63, 3.8) is 0 Å². The van der Waals surface area contributed by atoms with Crippen LogP contribution < -0.4 is 5.32 Å². The molecule has 3 rings (SSSR count). The minimum absolute atomic E-state index is 0.0814. The second kappa shape index (κ2) is 8.72. The van der Waals surface area contributed by atoms with Gasteiger partial charge in [-0.1, -0.05) is 18.2 Å². The molecule has 8 nitrogen and oxygen atoms in total. The first kappa shape index (κ1) is 22.2. The lowest BCUT2D eigenvalue weighted by molar-refractivity contribution is 0.0922. The number of carbonyl (C=O) groups is 1. The van der Waals surface area contributed by atoms with Gasteiger partial charge in [0.05, 0.1) is 23.5 Å². The summed E-state index contributed by atoms with van der Waals surface area (Å²) in [6.45, 7) is 0.0814. The number of hydrogen-bond acceptors (Lipinski definition) is 7. The first-order valence-electron chi connectivity index (χ1n) is 8.75. The van der Waals surface area contributed by atoms with Gasteiger partial charge in [-0.05, 0) is 30.3 Å². The molecule has 0 saturated carbocycles. The lowest BCUT2D eigenvalue weighted by Crippen LogP contribution is -2.23. The Balaban J connectivity index is 1.70. The van der Waals surface area contributed by atoms with Crippen molar-refractivity contribution in [2.75, 3.05) is 14.1 Å². The second-order valence-corrected chi connectivity index (χ2v) is 12.1. The molecule has 0 unspecified atom stereocenters. The second-order valence-electron chi connectivity index (χ2n) is 6.54. The van der Waals surface area contributed by atoms with Crippen molar-refractivity contribution in [1.29, 1.82) is 0 Å². The Bertz CT molecular complexity index is 1240. The molecule has 0 saturated heterocycles. The van der Waals surface area contributed by atoms with E-state index in [0.717, 1.165) is 15.6 Å². The van der Waals surface area contributed by atoms with Gasteiger partial charge in [0.25, 0.3) is 15.9 Å². The molecule has 2 aromatic heterocycles. The number of furan rings is 1. The fourth-order valence-corrected chi connectivity index (χ4v) is 6.42. The van der Waals surface area contributed by atoms with E-state index in [9.17, 15) is 21.6 Å². The maximum Gasteiger partial charge on any atom is 0.287 e. The van der Waals surface area contributed by atoms with Crippen molar-refractivity contribution in [1.82, 2.24) is 9.62 Å². The van der Waals surface area contributed by atoms with Crippen molar-refractivity contribution < 1.29 is 26.0 Å². The van der Waals surface area contributed by atoms with Gasteiger partial charge in [-0.3, -0.25) is 4.79 Å². The summed E-state index contributed by atoms with van der Waals surface area (Å²) in [4.78, 5) is 13.3.